The molecule has 1 fully saturated rings. The van der Waals surface area contributed by atoms with Gasteiger partial charge in [-0.2, -0.15) is 0 Å². The Morgan fingerprint density at radius 3 is 2.66 bits per heavy atom. The molecule has 0 aromatic heterocycles. The van der Waals surface area contributed by atoms with E-state index in [4.69, 9.17) is 16.3 Å². The molecule has 0 unspecified atom stereocenters. The number of amides is 2. The van der Waals surface area contributed by atoms with Gasteiger partial charge in [0, 0.05) is 43.4 Å². The minimum atomic E-state index is -0.124. The predicted octanol–water partition coefficient (Wildman–Crippen LogP) is 4.61. The maximum absolute atomic E-state index is 13.0. The third kappa shape index (κ3) is 7.20. The van der Waals surface area contributed by atoms with Crippen molar-refractivity contribution in [2.45, 2.75) is 6.92 Å². The van der Waals surface area contributed by atoms with Crippen LogP contribution in [0.2, 0.25) is 5.02 Å². The SMILES string of the molecule is C/C(=C\c1ccccc1)CN(CCN1CCOCC1)C(=O)Nc1cccc(Cl)c1. The third-order valence-electron chi connectivity index (χ3n) is 4.81. The minimum Gasteiger partial charge on any atom is -0.379 e. The molecule has 0 bridgehead atoms. The van der Waals surface area contributed by atoms with Crippen LogP contribution in [-0.2, 0) is 4.74 Å². The molecule has 0 spiro atoms. The van der Waals surface area contributed by atoms with Gasteiger partial charge in [0.05, 0.1) is 13.2 Å². The molecule has 1 N–H and O–H groups in total. The second kappa shape index (κ2) is 11.0. The number of halogens is 1. The number of nitrogens with one attached hydrogen (secondary N) is 1. The molecular formula is C23H28ClN3O2. The topological polar surface area (TPSA) is 44.8 Å². The minimum absolute atomic E-state index is 0.124. The van der Waals surface area contributed by atoms with E-state index in [2.05, 4.69) is 35.3 Å². The van der Waals surface area contributed by atoms with Crippen LogP contribution < -0.4 is 5.32 Å². The van der Waals surface area contributed by atoms with E-state index in [9.17, 15) is 4.79 Å². The Morgan fingerprint density at radius 1 is 1.17 bits per heavy atom. The highest BCUT2D eigenvalue weighted by molar-refractivity contribution is 6.30. The number of hydrogen-bond acceptors (Lipinski definition) is 3. The van der Waals surface area contributed by atoms with Crippen molar-refractivity contribution in [3.63, 3.8) is 0 Å². The van der Waals surface area contributed by atoms with Crippen LogP contribution in [-0.4, -0.2) is 61.8 Å². The number of carbonyl (C=O) groups excluding carboxylic acids is 1. The second-order valence-corrected chi connectivity index (χ2v) is 7.65. The van der Waals surface area contributed by atoms with Crippen LogP contribution >= 0.6 is 11.6 Å². The van der Waals surface area contributed by atoms with Gasteiger partial charge in [0.2, 0.25) is 0 Å². The molecule has 2 amide bonds. The first-order valence-corrected chi connectivity index (χ1v) is 10.3. The molecule has 0 atom stereocenters. The van der Waals surface area contributed by atoms with Crippen molar-refractivity contribution in [1.29, 1.82) is 0 Å². The Balaban J connectivity index is 1.67. The lowest BCUT2D eigenvalue weighted by Crippen LogP contribution is -2.44. The van der Waals surface area contributed by atoms with E-state index in [1.165, 1.54) is 0 Å². The van der Waals surface area contributed by atoms with Crippen LogP contribution in [0.4, 0.5) is 10.5 Å². The summed E-state index contributed by atoms with van der Waals surface area (Å²) in [4.78, 5) is 17.2. The highest BCUT2D eigenvalue weighted by Gasteiger charge is 2.17. The van der Waals surface area contributed by atoms with Crippen LogP contribution in [0.25, 0.3) is 6.08 Å². The van der Waals surface area contributed by atoms with Gasteiger partial charge in [-0.05, 0) is 30.7 Å². The van der Waals surface area contributed by atoms with Gasteiger partial charge in [0.25, 0.3) is 0 Å². The Bertz CT molecular complexity index is 820. The third-order valence-corrected chi connectivity index (χ3v) is 5.04. The molecule has 154 valence electrons. The summed E-state index contributed by atoms with van der Waals surface area (Å²) in [6.45, 7) is 7.40. The lowest BCUT2D eigenvalue weighted by molar-refractivity contribution is 0.0354. The normalized spacial score (nSPS) is 15.2. The molecule has 6 heteroatoms. The van der Waals surface area contributed by atoms with Gasteiger partial charge in [-0.3, -0.25) is 4.90 Å². The van der Waals surface area contributed by atoms with Crippen molar-refractivity contribution in [1.82, 2.24) is 9.80 Å². The van der Waals surface area contributed by atoms with E-state index >= 15 is 0 Å². The average molecular weight is 414 g/mol. The zero-order valence-electron chi connectivity index (χ0n) is 16.8. The van der Waals surface area contributed by atoms with Crippen molar-refractivity contribution < 1.29 is 9.53 Å². The first-order valence-electron chi connectivity index (χ1n) is 9.94. The monoisotopic (exact) mass is 413 g/mol. The highest BCUT2D eigenvalue weighted by Crippen LogP contribution is 2.16. The van der Waals surface area contributed by atoms with E-state index in [1.54, 1.807) is 12.1 Å². The number of rotatable bonds is 7. The average Bonchev–Trinajstić information content (AvgIpc) is 2.72. The van der Waals surface area contributed by atoms with Crippen molar-refractivity contribution >= 4 is 29.4 Å². The van der Waals surface area contributed by atoms with E-state index in [1.807, 2.05) is 35.2 Å². The molecule has 0 saturated carbocycles. The lowest BCUT2D eigenvalue weighted by atomic mass is 10.1. The highest BCUT2D eigenvalue weighted by atomic mass is 35.5. The van der Waals surface area contributed by atoms with Gasteiger partial charge >= 0.3 is 6.03 Å². The predicted molar refractivity (Wildman–Crippen MR) is 119 cm³/mol. The molecule has 1 aliphatic rings. The lowest BCUT2D eigenvalue weighted by Gasteiger charge is -2.30. The fourth-order valence-corrected chi connectivity index (χ4v) is 3.48. The number of nitrogens with zero attached hydrogens (tertiary/aromatic N) is 2. The maximum Gasteiger partial charge on any atom is 0.322 e. The van der Waals surface area contributed by atoms with Gasteiger partial charge in [-0.25, -0.2) is 4.79 Å². The number of benzene rings is 2. The quantitative estimate of drug-likeness (QED) is 0.720. The van der Waals surface area contributed by atoms with E-state index in [0.29, 0.717) is 23.8 Å². The Hall–Kier alpha value is -2.34. The molecule has 29 heavy (non-hydrogen) atoms. The van der Waals surface area contributed by atoms with Crippen molar-refractivity contribution in [2.24, 2.45) is 0 Å². The van der Waals surface area contributed by atoms with Crippen molar-refractivity contribution in [3.05, 3.63) is 70.8 Å². The number of anilines is 1. The van der Waals surface area contributed by atoms with Crippen LogP contribution in [0.3, 0.4) is 0 Å². The number of urea groups is 1. The van der Waals surface area contributed by atoms with E-state index in [0.717, 1.165) is 44.0 Å². The molecule has 1 saturated heterocycles. The molecule has 0 radical (unpaired) electrons. The molecule has 5 nitrogen and oxygen atoms in total. The Kier molecular flexibility index (Phi) is 8.11. The second-order valence-electron chi connectivity index (χ2n) is 7.22. The number of carbonyl (C=O) groups is 1. The van der Waals surface area contributed by atoms with Crippen LogP contribution in [0.5, 0.6) is 0 Å². The first kappa shape index (κ1) is 21.4. The fourth-order valence-electron chi connectivity index (χ4n) is 3.29. The summed E-state index contributed by atoms with van der Waals surface area (Å²) < 4.78 is 5.42. The zero-order valence-corrected chi connectivity index (χ0v) is 17.6. The Morgan fingerprint density at radius 2 is 1.93 bits per heavy atom. The number of morpholine rings is 1. The summed E-state index contributed by atoms with van der Waals surface area (Å²) in [5.41, 5.74) is 2.95. The Labute approximate surface area is 177 Å². The van der Waals surface area contributed by atoms with E-state index < -0.39 is 0 Å². The summed E-state index contributed by atoms with van der Waals surface area (Å²) >= 11 is 6.05. The molecule has 1 aliphatic heterocycles. The molecule has 0 aliphatic carbocycles. The first-order chi connectivity index (χ1) is 14.1. The van der Waals surface area contributed by atoms with Crippen LogP contribution in [0, 0.1) is 0 Å². The molecule has 2 aromatic rings. The van der Waals surface area contributed by atoms with Crippen LogP contribution in [0.15, 0.2) is 60.2 Å². The molecular weight excluding hydrogens is 386 g/mol. The maximum atomic E-state index is 13.0. The van der Waals surface area contributed by atoms with Crippen LogP contribution in [0.1, 0.15) is 12.5 Å². The van der Waals surface area contributed by atoms with Gasteiger partial charge in [0.15, 0.2) is 0 Å². The molecule has 1 heterocycles. The standard InChI is InChI=1S/C23H28ClN3O2/c1-19(16-20-6-3-2-4-7-20)18-27(11-10-26-12-14-29-15-13-26)23(28)25-22-9-5-8-21(24)17-22/h2-9,16-17H,10-15,18H2,1H3,(H,25,28)/b19-16+. The summed E-state index contributed by atoms with van der Waals surface area (Å²) in [6.07, 6.45) is 2.12. The molecule has 3 rings (SSSR count). The summed E-state index contributed by atoms with van der Waals surface area (Å²) in [5.74, 6) is 0. The molecule has 2 aromatic carbocycles. The summed E-state index contributed by atoms with van der Waals surface area (Å²) in [5, 5.41) is 3.57. The van der Waals surface area contributed by atoms with Gasteiger partial charge in [0.1, 0.15) is 0 Å². The van der Waals surface area contributed by atoms with E-state index in [-0.39, 0.29) is 6.03 Å². The fraction of sp³-hybridized carbons (Fsp3) is 0.348. The van der Waals surface area contributed by atoms with Gasteiger partial charge < -0.3 is 15.0 Å². The zero-order chi connectivity index (χ0) is 20.5. The smallest absolute Gasteiger partial charge is 0.322 e. The largest absolute Gasteiger partial charge is 0.379 e. The van der Waals surface area contributed by atoms with Gasteiger partial charge in [-0.15, -0.1) is 0 Å². The summed E-state index contributed by atoms with van der Waals surface area (Å²) in [7, 11) is 0. The number of hydrogen-bond donors (Lipinski definition) is 1. The van der Waals surface area contributed by atoms with Crippen molar-refractivity contribution in [3.8, 4) is 0 Å². The van der Waals surface area contributed by atoms with Gasteiger partial charge in [-0.1, -0.05) is 59.6 Å². The number of ether oxygens (including phenoxy) is 1. The van der Waals surface area contributed by atoms with Crippen molar-refractivity contribution in [2.75, 3.05) is 51.3 Å². The summed E-state index contributed by atoms with van der Waals surface area (Å²) in [6, 6.07) is 17.3.